The summed E-state index contributed by atoms with van der Waals surface area (Å²) < 4.78 is 2.10. The van der Waals surface area contributed by atoms with Crippen LogP contribution in [0, 0.1) is 13.8 Å². The number of hydrogen-bond acceptors (Lipinski definition) is 2. The van der Waals surface area contributed by atoms with Crippen LogP contribution in [0.25, 0.3) is 22.4 Å². The molecule has 1 heterocycles. The van der Waals surface area contributed by atoms with Crippen molar-refractivity contribution in [1.29, 1.82) is 0 Å². The molecule has 0 saturated carbocycles. The van der Waals surface area contributed by atoms with Crippen LogP contribution in [0.4, 0.5) is 0 Å². The molecule has 0 aliphatic rings. The Labute approximate surface area is 129 Å². The van der Waals surface area contributed by atoms with Crippen molar-refractivity contribution in [2.45, 2.75) is 20.4 Å². The van der Waals surface area contributed by atoms with Gasteiger partial charge in [-0.3, -0.25) is 0 Å². The van der Waals surface area contributed by atoms with Crippen molar-refractivity contribution in [3.63, 3.8) is 0 Å². The highest BCUT2D eigenvalue weighted by Gasteiger charge is 2.14. The Bertz CT molecular complexity index is 819. The van der Waals surface area contributed by atoms with Gasteiger partial charge in [0, 0.05) is 5.56 Å². The lowest BCUT2D eigenvalue weighted by atomic mass is 10.1. The first-order chi connectivity index (χ1) is 10.1. The van der Waals surface area contributed by atoms with E-state index >= 15 is 0 Å². The van der Waals surface area contributed by atoms with Gasteiger partial charge >= 0.3 is 0 Å². The monoisotopic (exact) mass is 295 g/mol. The first-order valence-electron chi connectivity index (χ1n) is 6.87. The lowest BCUT2D eigenvalue weighted by Crippen LogP contribution is -2.17. The predicted molar refractivity (Wildman–Crippen MR) is 91.4 cm³/mol. The van der Waals surface area contributed by atoms with Crippen molar-refractivity contribution in [1.82, 2.24) is 9.55 Å². The standard InChI is InChI=1S/C17H17N3S/c1-11-8-14-15(9-12(11)2)20(10-16(18)21)17(19-14)13-6-4-3-5-7-13/h3-9H,10H2,1-2H3,(H2,18,21). The van der Waals surface area contributed by atoms with Gasteiger partial charge in [0.25, 0.3) is 0 Å². The highest BCUT2D eigenvalue weighted by atomic mass is 32.1. The molecule has 0 radical (unpaired) electrons. The molecule has 0 aliphatic heterocycles. The van der Waals surface area contributed by atoms with E-state index in [-0.39, 0.29) is 0 Å². The normalized spacial score (nSPS) is 11.0. The van der Waals surface area contributed by atoms with E-state index in [1.807, 2.05) is 18.2 Å². The van der Waals surface area contributed by atoms with E-state index in [0.717, 1.165) is 22.4 Å². The molecule has 0 saturated heterocycles. The number of imidazole rings is 1. The zero-order chi connectivity index (χ0) is 15.0. The number of benzene rings is 2. The molecule has 21 heavy (non-hydrogen) atoms. The molecule has 0 fully saturated rings. The number of nitrogens with zero attached hydrogens (tertiary/aromatic N) is 2. The molecule has 1 aromatic heterocycles. The van der Waals surface area contributed by atoms with Crippen molar-refractivity contribution in [2.75, 3.05) is 0 Å². The molecule has 0 atom stereocenters. The minimum absolute atomic E-state index is 0.463. The van der Waals surface area contributed by atoms with Crippen LogP contribution in [0.1, 0.15) is 11.1 Å². The Balaban J connectivity index is 2.30. The Morgan fingerprint density at radius 3 is 2.48 bits per heavy atom. The van der Waals surface area contributed by atoms with Crippen LogP contribution in [0.15, 0.2) is 42.5 Å². The van der Waals surface area contributed by atoms with Gasteiger partial charge in [0.1, 0.15) is 5.82 Å². The second-order valence-corrected chi connectivity index (χ2v) is 5.80. The van der Waals surface area contributed by atoms with Crippen molar-refractivity contribution in [2.24, 2.45) is 5.73 Å². The van der Waals surface area contributed by atoms with Gasteiger partial charge < -0.3 is 10.3 Å². The second kappa shape index (κ2) is 5.30. The summed E-state index contributed by atoms with van der Waals surface area (Å²) >= 11 is 5.10. The molecule has 0 amide bonds. The number of rotatable bonds is 3. The van der Waals surface area contributed by atoms with Crippen LogP contribution >= 0.6 is 12.2 Å². The summed E-state index contributed by atoms with van der Waals surface area (Å²) in [6, 6.07) is 14.4. The van der Waals surface area contributed by atoms with Crippen LogP contribution in [-0.2, 0) is 6.54 Å². The number of aromatic nitrogens is 2. The van der Waals surface area contributed by atoms with E-state index in [4.69, 9.17) is 22.9 Å². The van der Waals surface area contributed by atoms with Crippen molar-refractivity contribution >= 4 is 28.2 Å². The molecule has 0 spiro atoms. The van der Waals surface area contributed by atoms with Gasteiger partial charge in [0.15, 0.2) is 0 Å². The van der Waals surface area contributed by atoms with Crippen LogP contribution in [0.2, 0.25) is 0 Å². The first-order valence-corrected chi connectivity index (χ1v) is 7.28. The third kappa shape index (κ3) is 2.54. The summed E-state index contributed by atoms with van der Waals surface area (Å²) in [6.07, 6.45) is 0. The van der Waals surface area contributed by atoms with Crippen molar-refractivity contribution in [3.05, 3.63) is 53.6 Å². The molecule has 2 N–H and O–H groups in total. The van der Waals surface area contributed by atoms with Gasteiger partial charge in [0.05, 0.1) is 22.6 Å². The summed E-state index contributed by atoms with van der Waals surface area (Å²) in [5, 5.41) is 0. The van der Waals surface area contributed by atoms with Crippen LogP contribution in [0.3, 0.4) is 0 Å². The molecule has 3 aromatic rings. The molecule has 0 aliphatic carbocycles. The molecular formula is C17H17N3S. The summed E-state index contributed by atoms with van der Waals surface area (Å²) in [6.45, 7) is 4.71. The lowest BCUT2D eigenvalue weighted by molar-refractivity contribution is 0.895. The van der Waals surface area contributed by atoms with Gasteiger partial charge in [-0.1, -0.05) is 42.5 Å². The van der Waals surface area contributed by atoms with E-state index < -0.39 is 0 Å². The Morgan fingerprint density at radius 2 is 1.81 bits per heavy atom. The van der Waals surface area contributed by atoms with E-state index in [9.17, 15) is 0 Å². The first kappa shape index (κ1) is 13.8. The molecule has 3 nitrogen and oxygen atoms in total. The minimum atomic E-state index is 0.463. The van der Waals surface area contributed by atoms with E-state index in [1.165, 1.54) is 11.1 Å². The fourth-order valence-electron chi connectivity index (χ4n) is 2.50. The lowest BCUT2D eigenvalue weighted by Gasteiger charge is -2.09. The quantitative estimate of drug-likeness (QED) is 0.751. The SMILES string of the molecule is Cc1cc2nc(-c3ccccc3)n(CC(N)=S)c2cc1C. The zero-order valence-electron chi connectivity index (χ0n) is 12.1. The maximum atomic E-state index is 5.77. The number of aryl methyl sites for hydroxylation is 2. The second-order valence-electron chi connectivity index (χ2n) is 5.28. The Hall–Kier alpha value is -2.20. The average Bonchev–Trinajstić information content (AvgIpc) is 2.78. The Morgan fingerprint density at radius 1 is 1.14 bits per heavy atom. The maximum absolute atomic E-state index is 5.77. The van der Waals surface area contributed by atoms with Crippen molar-refractivity contribution in [3.8, 4) is 11.4 Å². The summed E-state index contributed by atoms with van der Waals surface area (Å²) in [7, 11) is 0. The van der Waals surface area contributed by atoms with Crippen LogP contribution in [-0.4, -0.2) is 14.5 Å². The fraction of sp³-hybridized carbons (Fsp3) is 0.176. The topological polar surface area (TPSA) is 43.8 Å². The third-order valence-corrected chi connectivity index (χ3v) is 3.84. The molecular weight excluding hydrogens is 278 g/mol. The van der Waals surface area contributed by atoms with Gasteiger partial charge in [0.2, 0.25) is 0 Å². The molecule has 0 unspecified atom stereocenters. The van der Waals surface area contributed by atoms with Crippen molar-refractivity contribution < 1.29 is 0 Å². The van der Waals surface area contributed by atoms with E-state index in [0.29, 0.717) is 11.5 Å². The smallest absolute Gasteiger partial charge is 0.141 e. The predicted octanol–water partition coefficient (Wildman–Crippen LogP) is 3.61. The third-order valence-electron chi connectivity index (χ3n) is 3.71. The molecule has 3 rings (SSSR count). The largest absolute Gasteiger partial charge is 0.392 e. The number of thiocarbonyl (C=S) groups is 1. The summed E-state index contributed by atoms with van der Waals surface area (Å²) in [4.78, 5) is 5.25. The zero-order valence-corrected chi connectivity index (χ0v) is 12.9. The van der Waals surface area contributed by atoms with E-state index in [2.05, 4.69) is 42.7 Å². The fourth-order valence-corrected chi connectivity index (χ4v) is 2.63. The van der Waals surface area contributed by atoms with Gasteiger partial charge in [-0.15, -0.1) is 0 Å². The summed E-state index contributed by atoms with van der Waals surface area (Å²) in [5.74, 6) is 0.906. The molecule has 4 heteroatoms. The molecule has 0 bridgehead atoms. The van der Waals surface area contributed by atoms with Crippen LogP contribution in [0.5, 0.6) is 0 Å². The minimum Gasteiger partial charge on any atom is -0.392 e. The number of fused-ring (bicyclic) bond motifs is 1. The highest BCUT2D eigenvalue weighted by Crippen LogP contribution is 2.26. The van der Waals surface area contributed by atoms with Gasteiger partial charge in [-0.05, 0) is 37.1 Å². The number of nitrogens with two attached hydrogens (primary N) is 1. The molecule has 2 aromatic carbocycles. The summed E-state index contributed by atoms with van der Waals surface area (Å²) in [5.41, 5.74) is 11.4. The van der Waals surface area contributed by atoms with Crippen LogP contribution < -0.4 is 5.73 Å². The Kier molecular flexibility index (Phi) is 3.47. The molecule has 106 valence electrons. The maximum Gasteiger partial charge on any atom is 0.141 e. The van der Waals surface area contributed by atoms with E-state index in [1.54, 1.807) is 0 Å². The average molecular weight is 295 g/mol. The highest BCUT2D eigenvalue weighted by molar-refractivity contribution is 7.80. The van der Waals surface area contributed by atoms with Gasteiger partial charge in [-0.2, -0.15) is 0 Å². The number of hydrogen-bond donors (Lipinski definition) is 1. The van der Waals surface area contributed by atoms with Gasteiger partial charge in [-0.25, -0.2) is 4.98 Å².